The zero-order valence-corrected chi connectivity index (χ0v) is 10.3. The highest BCUT2D eigenvalue weighted by Crippen LogP contribution is 2.43. The van der Waals surface area contributed by atoms with Gasteiger partial charge in [0, 0.05) is 17.7 Å². The van der Waals surface area contributed by atoms with Crippen molar-refractivity contribution in [2.24, 2.45) is 0 Å². The maximum atomic E-state index is 13.1. The summed E-state index contributed by atoms with van der Waals surface area (Å²) in [5.41, 5.74) is -0.266. The van der Waals surface area contributed by atoms with E-state index in [1.165, 1.54) is 12.4 Å². The van der Waals surface area contributed by atoms with Crippen molar-refractivity contribution in [3.63, 3.8) is 0 Å². The van der Waals surface area contributed by atoms with Crippen LogP contribution in [0.15, 0.2) is 18.5 Å². The lowest BCUT2D eigenvalue weighted by Gasteiger charge is -2.41. The first-order chi connectivity index (χ1) is 8.87. The largest absolute Gasteiger partial charge is 0.508 e. The minimum atomic E-state index is -2.68. The number of nitrogens with zero attached hydrogens (tertiary/aromatic N) is 2. The van der Waals surface area contributed by atoms with Crippen LogP contribution in [0, 0.1) is 0 Å². The van der Waals surface area contributed by atoms with Gasteiger partial charge >= 0.3 is 0 Å². The van der Waals surface area contributed by atoms with E-state index in [1.54, 1.807) is 11.5 Å². The number of fused-ring (bicyclic) bond motifs is 1. The molecule has 0 aliphatic heterocycles. The first-order valence-electron chi connectivity index (χ1n) is 6.07. The molecule has 1 aliphatic carbocycles. The van der Waals surface area contributed by atoms with Gasteiger partial charge in [0.25, 0.3) is 6.43 Å². The number of aromatic nitrogens is 2. The standard InChI is InChI=1S/C13H14F2N2O2/c1-13(19)4-7(5-13)17-6-16-10-3-8(18)2-9(11(10)17)12(14)15/h2-3,6-7,12,18-19H,4-5H2,1H3/t7-,13+. The molecule has 0 unspecified atom stereocenters. The van der Waals surface area contributed by atoms with Crippen LogP contribution in [-0.4, -0.2) is 25.4 Å². The average Bonchev–Trinajstić information content (AvgIpc) is 2.67. The molecule has 102 valence electrons. The van der Waals surface area contributed by atoms with Crippen LogP contribution in [0.3, 0.4) is 0 Å². The van der Waals surface area contributed by atoms with Crippen molar-refractivity contribution in [2.75, 3.05) is 0 Å². The van der Waals surface area contributed by atoms with E-state index in [4.69, 9.17) is 0 Å². The fourth-order valence-electron chi connectivity index (χ4n) is 2.78. The molecule has 0 radical (unpaired) electrons. The summed E-state index contributed by atoms with van der Waals surface area (Å²) in [5.74, 6) is -0.214. The summed E-state index contributed by atoms with van der Waals surface area (Å²) < 4.78 is 27.8. The molecule has 0 spiro atoms. The van der Waals surface area contributed by atoms with Crippen molar-refractivity contribution in [2.45, 2.75) is 37.8 Å². The van der Waals surface area contributed by atoms with Gasteiger partial charge in [0.2, 0.25) is 0 Å². The fraction of sp³-hybridized carbons (Fsp3) is 0.462. The fourth-order valence-corrected chi connectivity index (χ4v) is 2.78. The molecule has 3 rings (SSSR count). The topological polar surface area (TPSA) is 58.3 Å². The third-order valence-electron chi connectivity index (χ3n) is 3.66. The lowest BCUT2D eigenvalue weighted by Crippen LogP contribution is -2.41. The third kappa shape index (κ3) is 1.96. The number of halogens is 2. The third-order valence-corrected chi connectivity index (χ3v) is 3.66. The van der Waals surface area contributed by atoms with Gasteiger partial charge in [-0.15, -0.1) is 0 Å². The Kier molecular flexibility index (Phi) is 2.53. The monoisotopic (exact) mass is 268 g/mol. The van der Waals surface area contributed by atoms with Crippen LogP contribution in [0.2, 0.25) is 0 Å². The molecule has 2 aromatic rings. The molecule has 0 atom stereocenters. The van der Waals surface area contributed by atoms with Crippen molar-refractivity contribution in [1.29, 1.82) is 0 Å². The molecule has 1 aliphatic rings. The lowest BCUT2D eigenvalue weighted by atomic mass is 9.77. The van der Waals surface area contributed by atoms with Gasteiger partial charge in [-0.1, -0.05) is 0 Å². The number of rotatable bonds is 2. The zero-order chi connectivity index (χ0) is 13.8. The molecule has 1 aromatic heterocycles. The van der Waals surface area contributed by atoms with Gasteiger partial charge in [0.05, 0.1) is 23.0 Å². The smallest absolute Gasteiger partial charge is 0.266 e. The Morgan fingerprint density at radius 3 is 2.68 bits per heavy atom. The number of phenols is 1. The maximum Gasteiger partial charge on any atom is 0.266 e. The summed E-state index contributed by atoms with van der Waals surface area (Å²) in [6, 6.07) is 2.42. The number of hydrogen-bond acceptors (Lipinski definition) is 3. The Morgan fingerprint density at radius 2 is 2.11 bits per heavy atom. The molecular weight excluding hydrogens is 254 g/mol. The minimum absolute atomic E-state index is 0.0259. The van der Waals surface area contributed by atoms with Crippen LogP contribution in [0.1, 0.15) is 37.8 Å². The van der Waals surface area contributed by atoms with Crippen LogP contribution in [-0.2, 0) is 0 Å². The molecule has 19 heavy (non-hydrogen) atoms. The number of hydrogen-bond donors (Lipinski definition) is 2. The Bertz CT molecular complexity index is 629. The Labute approximate surface area is 108 Å². The Hall–Kier alpha value is -1.69. The zero-order valence-electron chi connectivity index (χ0n) is 10.3. The van der Waals surface area contributed by atoms with E-state index < -0.39 is 12.0 Å². The molecular formula is C13H14F2N2O2. The molecule has 6 heteroatoms. The summed E-state index contributed by atoms with van der Waals surface area (Å²) >= 11 is 0. The second-order valence-electron chi connectivity index (χ2n) is 5.41. The van der Waals surface area contributed by atoms with Gasteiger partial charge in [-0.3, -0.25) is 0 Å². The summed E-state index contributed by atoms with van der Waals surface area (Å²) in [4.78, 5) is 4.06. The van der Waals surface area contributed by atoms with Gasteiger partial charge in [0.1, 0.15) is 5.75 Å². The minimum Gasteiger partial charge on any atom is -0.508 e. The first-order valence-corrected chi connectivity index (χ1v) is 6.07. The average molecular weight is 268 g/mol. The summed E-state index contributed by atoms with van der Waals surface area (Å²) in [6.07, 6.45) is -0.148. The van der Waals surface area contributed by atoms with Gasteiger partial charge in [-0.2, -0.15) is 0 Å². The molecule has 1 heterocycles. The van der Waals surface area contributed by atoms with E-state index >= 15 is 0 Å². The van der Waals surface area contributed by atoms with E-state index in [0.717, 1.165) is 6.07 Å². The molecule has 1 fully saturated rings. The SMILES string of the molecule is C[C@]1(O)C[C@@H](n2cnc3cc(O)cc(C(F)F)c32)C1. The molecule has 1 saturated carbocycles. The van der Waals surface area contributed by atoms with Crippen molar-refractivity contribution in [3.8, 4) is 5.75 Å². The van der Waals surface area contributed by atoms with E-state index in [9.17, 15) is 19.0 Å². The lowest BCUT2D eigenvalue weighted by molar-refractivity contribution is -0.0499. The van der Waals surface area contributed by atoms with Gasteiger partial charge in [0.15, 0.2) is 0 Å². The number of aromatic hydroxyl groups is 1. The predicted molar refractivity (Wildman–Crippen MR) is 65.2 cm³/mol. The maximum absolute atomic E-state index is 13.1. The number of alkyl halides is 2. The highest BCUT2D eigenvalue weighted by Gasteiger charge is 2.40. The molecule has 0 bridgehead atoms. The van der Waals surface area contributed by atoms with Crippen LogP contribution in [0.5, 0.6) is 5.75 Å². The molecule has 2 N–H and O–H groups in total. The molecule has 0 amide bonds. The van der Waals surface area contributed by atoms with Crippen molar-refractivity contribution in [1.82, 2.24) is 9.55 Å². The second-order valence-corrected chi connectivity index (χ2v) is 5.41. The quantitative estimate of drug-likeness (QED) is 0.880. The van der Waals surface area contributed by atoms with E-state index in [1.807, 2.05) is 0 Å². The number of aliphatic hydroxyl groups is 1. The summed E-state index contributed by atoms with van der Waals surface area (Å²) in [5, 5.41) is 19.2. The highest BCUT2D eigenvalue weighted by atomic mass is 19.3. The van der Waals surface area contributed by atoms with Crippen LogP contribution >= 0.6 is 0 Å². The van der Waals surface area contributed by atoms with Crippen molar-refractivity contribution in [3.05, 3.63) is 24.0 Å². The molecule has 1 aromatic carbocycles. The van der Waals surface area contributed by atoms with Gasteiger partial charge in [-0.25, -0.2) is 13.8 Å². The summed E-state index contributed by atoms with van der Waals surface area (Å²) in [6.45, 7) is 1.72. The van der Waals surface area contributed by atoms with Crippen LogP contribution in [0.4, 0.5) is 8.78 Å². The van der Waals surface area contributed by atoms with Gasteiger partial charge < -0.3 is 14.8 Å². The van der Waals surface area contributed by atoms with Crippen molar-refractivity contribution >= 4 is 11.0 Å². The Morgan fingerprint density at radius 1 is 1.42 bits per heavy atom. The van der Waals surface area contributed by atoms with Gasteiger partial charge in [-0.05, 0) is 25.8 Å². The molecule has 0 saturated heterocycles. The Balaban J connectivity index is 2.12. The van der Waals surface area contributed by atoms with Crippen LogP contribution < -0.4 is 0 Å². The normalized spacial score (nSPS) is 26.9. The van der Waals surface area contributed by atoms with E-state index in [0.29, 0.717) is 23.9 Å². The second kappa shape index (κ2) is 3.90. The van der Waals surface area contributed by atoms with E-state index in [2.05, 4.69) is 4.98 Å². The predicted octanol–water partition coefficient (Wildman–Crippen LogP) is 2.77. The highest BCUT2D eigenvalue weighted by molar-refractivity contribution is 5.81. The number of benzene rings is 1. The first kappa shape index (κ1) is 12.3. The number of imidazole rings is 1. The summed E-state index contributed by atoms with van der Waals surface area (Å²) in [7, 11) is 0. The van der Waals surface area contributed by atoms with Crippen LogP contribution in [0.25, 0.3) is 11.0 Å². The van der Waals surface area contributed by atoms with Crippen molar-refractivity contribution < 1.29 is 19.0 Å². The van der Waals surface area contributed by atoms with E-state index in [-0.39, 0.29) is 17.4 Å². The number of phenolic OH excluding ortho intramolecular Hbond substituents is 1. The molecule has 4 nitrogen and oxygen atoms in total.